The number of carbonyl (C=O) groups is 2. The van der Waals surface area contributed by atoms with E-state index in [9.17, 15) is 9.59 Å². The van der Waals surface area contributed by atoms with Crippen molar-refractivity contribution in [2.45, 2.75) is 13.0 Å². The third-order valence-electron chi connectivity index (χ3n) is 4.40. The zero-order valence-corrected chi connectivity index (χ0v) is 15.8. The number of hydrogen-bond acceptors (Lipinski definition) is 3. The molecule has 5 nitrogen and oxygen atoms in total. The van der Waals surface area contributed by atoms with E-state index in [0.29, 0.717) is 22.6 Å². The van der Waals surface area contributed by atoms with Crippen LogP contribution in [0.3, 0.4) is 0 Å². The number of methoxy groups -OCH3 is 1. The molecular formula is C23H22N2O3. The Balaban J connectivity index is 1.77. The van der Waals surface area contributed by atoms with E-state index < -0.39 is 0 Å². The maximum atomic E-state index is 12.8. The van der Waals surface area contributed by atoms with Gasteiger partial charge in [-0.15, -0.1) is 0 Å². The molecule has 5 heteroatoms. The second kappa shape index (κ2) is 8.86. The number of anilines is 1. The van der Waals surface area contributed by atoms with Crippen LogP contribution in [0.4, 0.5) is 5.69 Å². The van der Waals surface area contributed by atoms with Crippen LogP contribution in [0, 0.1) is 0 Å². The van der Waals surface area contributed by atoms with E-state index in [0.717, 1.165) is 5.56 Å². The number of ether oxygens (including phenoxy) is 1. The lowest BCUT2D eigenvalue weighted by Crippen LogP contribution is -2.28. The molecule has 2 amide bonds. The second-order valence-corrected chi connectivity index (χ2v) is 6.34. The second-order valence-electron chi connectivity index (χ2n) is 6.34. The van der Waals surface area contributed by atoms with Crippen LogP contribution in [0.2, 0.25) is 0 Å². The quantitative estimate of drug-likeness (QED) is 0.670. The first-order valence-electron chi connectivity index (χ1n) is 8.98. The zero-order valence-electron chi connectivity index (χ0n) is 15.8. The highest BCUT2D eigenvalue weighted by Crippen LogP contribution is 2.20. The maximum absolute atomic E-state index is 12.8. The lowest BCUT2D eigenvalue weighted by Gasteiger charge is -2.16. The van der Waals surface area contributed by atoms with Gasteiger partial charge in [-0.25, -0.2) is 0 Å². The fraction of sp³-hybridized carbons (Fsp3) is 0.130. The summed E-state index contributed by atoms with van der Waals surface area (Å²) in [6.45, 7) is 1.92. The number of rotatable bonds is 6. The lowest BCUT2D eigenvalue weighted by molar-refractivity contribution is 0.0941. The van der Waals surface area contributed by atoms with Gasteiger partial charge in [-0.05, 0) is 42.8 Å². The van der Waals surface area contributed by atoms with Crippen LogP contribution in [0.25, 0.3) is 0 Å². The minimum Gasteiger partial charge on any atom is -0.497 e. The van der Waals surface area contributed by atoms with Crippen molar-refractivity contribution in [3.05, 3.63) is 95.6 Å². The number of para-hydroxylation sites is 1. The van der Waals surface area contributed by atoms with E-state index in [4.69, 9.17) is 4.74 Å². The van der Waals surface area contributed by atoms with Crippen LogP contribution in [-0.2, 0) is 0 Å². The first-order chi connectivity index (χ1) is 13.6. The van der Waals surface area contributed by atoms with E-state index in [1.807, 2.05) is 37.3 Å². The van der Waals surface area contributed by atoms with E-state index in [2.05, 4.69) is 10.6 Å². The van der Waals surface area contributed by atoms with Gasteiger partial charge in [-0.2, -0.15) is 0 Å². The summed E-state index contributed by atoms with van der Waals surface area (Å²) in [5, 5.41) is 5.79. The summed E-state index contributed by atoms with van der Waals surface area (Å²) in [7, 11) is 1.55. The summed E-state index contributed by atoms with van der Waals surface area (Å²) in [5.74, 6) is 0.0310. The maximum Gasteiger partial charge on any atom is 0.255 e. The third-order valence-corrected chi connectivity index (χ3v) is 4.40. The van der Waals surface area contributed by atoms with Crippen LogP contribution in [0.15, 0.2) is 78.9 Å². The molecule has 0 fully saturated rings. The van der Waals surface area contributed by atoms with Crippen LogP contribution in [-0.4, -0.2) is 18.9 Å². The molecule has 142 valence electrons. The fourth-order valence-electron chi connectivity index (χ4n) is 2.85. The molecule has 0 aliphatic heterocycles. The molecule has 0 saturated carbocycles. The minimum atomic E-state index is -0.310. The van der Waals surface area contributed by atoms with Crippen LogP contribution >= 0.6 is 0 Å². The molecule has 0 bridgehead atoms. The van der Waals surface area contributed by atoms with Crippen molar-refractivity contribution in [1.29, 1.82) is 0 Å². The monoisotopic (exact) mass is 374 g/mol. The summed E-state index contributed by atoms with van der Waals surface area (Å²) >= 11 is 0. The van der Waals surface area contributed by atoms with Crippen molar-refractivity contribution in [1.82, 2.24) is 5.32 Å². The van der Waals surface area contributed by atoms with E-state index in [1.165, 1.54) is 0 Å². The highest BCUT2D eigenvalue weighted by molar-refractivity contribution is 6.09. The SMILES string of the molecule is COc1cccc(C(=O)Nc2ccccc2C(=O)N[C@@H](C)c2ccccc2)c1. The minimum absolute atomic E-state index is 0.157. The van der Waals surface area contributed by atoms with Crippen molar-refractivity contribution >= 4 is 17.5 Å². The van der Waals surface area contributed by atoms with E-state index in [-0.39, 0.29) is 17.9 Å². The molecule has 0 radical (unpaired) electrons. The zero-order chi connectivity index (χ0) is 19.9. The summed E-state index contributed by atoms with van der Waals surface area (Å²) < 4.78 is 5.16. The van der Waals surface area contributed by atoms with Crippen LogP contribution in [0.5, 0.6) is 5.75 Å². The van der Waals surface area contributed by atoms with E-state index >= 15 is 0 Å². The van der Waals surface area contributed by atoms with Gasteiger partial charge >= 0.3 is 0 Å². The molecule has 3 aromatic carbocycles. The Labute approximate surface area is 164 Å². The molecule has 2 N–H and O–H groups in total. The first kappa shape index (κ1) is 19.2. The van der Waals surface area contributed by atoms with E-state index in [1.54, 1.807) is 55.6 Å². The molecule has 3 aromatic rings. The third kappa shape index (κ3) is 4.57. The number of amides is 2. The van der Waals surface area contributed by atoms with Gasteiger partial charge in [0.15, 0.2) is 0 Å². The molecule has 0 aliphatic rings. The standard InChI is InChI=1S/C23H22N2O3/c1-16(17-9-4-3-5-10-17)24-23(27)20-13-6-7-14-21(20)25-22(26)18-11-8-12-19(15-18)28-2/h3-16H,1-2H3,(H,24,27)(H,25,26)/t16-/m0/s1. The topological polar surface area (TPSA) is 67.4 Å². The Morgan fingerprint density at radius 3 is 2.32 bits per heavy atom. The number of hydrogen-bond donors (Lipinski definition) is 2. The molecule has 0 aromatic heterocycles. The number of carbonyl (C=O) groups excluding carboxylic acids is 2. The van der Waals surface area contributed by atoms with Gasteiger partial charge in [0.25, 0.3) is 11.8 Å². The Kier molecular flexibility index (Phi) is 6.07. The highest BCUT2D eigenvalue weighted by Gasteiger charge is 2.16. The van der Waals surface area contributed by atoms with Crippen molar-refractivity contribution < 1.29 is 14.3 Å². The van der Waals surface area contributed by atoms with Gasteiger partial charge in [-0.3, -0.25) is 9.59 Å². The van der Waals surface area contributed by atoms with Gasteiger partial charge in [0.1, 0.15) is 5.75 Å². The predicted octanol–water partition coefficient (Wildman–Crippen LogP) is 4.44. The molecule has 0 aliphatic carbocycles. The van der Waals surface area contributed by atoms with Gasteiger partial charge < -0.3 is 15.4 Å². The van der Waals surface area contributed by atoms with Crippen molar-refractivity contribution in [2.75, 3.05) is 12.4 Å². The summed E-state index contributed by atoms with van der Waals surface area (Å²) in [6, 6.07) is 23.3. The normalized spacial score (nSPS) is 11.4. The molecule has 0 unspecified atom stereocenters. The fourth-order valence-corrected chi connectivity index (χ4v) is 2.85. The van der Waals surface area contributed by atoms with Gasteiger partial charge in [-0.1, -0.05) is 48.5 Å². The summed E-state index contributed by atoms with van der Waals surface area (Å²) in [6.07, 6.45) is 0. The summed E-state index contributed by atoms with van der Waals surface area (Å²) in [4.78, 5) is 25.4. The Hall–Kier alpha value is -3.60. The predicted molar refractivity (Wildman–Crippen MR) is 110 cm³/mol. The molecule has 0 spiro atoms. The lowest BCUT2D eigenvalue weighted by atomic mass is 10.1. The first-order valence-corrected chi connectivity index (χ1v) is 8.98. The average Bonchev–Trinajstić information content (AvgIpc) is 2.74. The Morgan fingerprint density at radius 1 is 0.857 bits per heavy atom. The molecule has 0 saturated heterocycles. The Morgan fingerprint density at radius 2 is 1.57 bits per heavy atom. The van der Waals surface area contributed by atoms with Crippen LogP contribution < -0.4 is 15.4 Å². The molecule has 28 heavy (non-hydrogen) atoms. The van der Waals surface area contributed by atoms with Gasteiger partial charge in [0.05, 0.1) is 24.4 Å². The van der Waals surface area contributed by atoms with Crippen molar-refractivity contribution in [3.8, 4) is 5.75 Å². The van der Waals surface area contributed by atoms with Crippen molar-refractivity contribution in [2.24, 2.45) is 0 Å². The largest absolute Gasteiger partial charge is 0.497 e. The average molecular weight is 374 g/mol. The van der Waals surface area contributed by atoms with Gasteiger partial charge in [0, 0.05) is 5.56 Å². The molecule has 0 heterocycles. The Bertz CT molecular complexity index is 970. The smallest absolute Gasteiger partial charge is 0.255 e. The molecule has 1 atom stereocenters. The molecule has 3 rings (SSSR count). The summed E-state index contributed by atoms with van der Waals surface area (Å²) in [5.41, 5.74) is 2.32. The van der Waals surface area contributed by atoms with Gasteiger partial charge in [0.2, 0.25) is 0 Å². The highest BCUT2D eigenvalue weighted by atomic mass is 16.5. The van der Waals surface area contributed by atoms with Crippen molar-refractivity contribution in [3.63, 3.8) is 0 Å². The number of benzene rings is 3. The molecular weight excluding hydrogens is 352 g/mol. The number of nitrogens with one attached hydrogen (secondary N) is 2. The van der Waals surface area contributed by atoms with Crippen LogP contribution in [0.1, 0.15) is 39.2 Å².